The first-order valence-electron chi connectivity index (χ1n) is 7.69. The maximum absolute atomic E-state index is 11.4. The summed E-state index contributed by atoms with van der Waals surface area (Å²) >= 11 is 0. The molecule has 23 heavy (non-hydrogen) atoms. The van der Waals surface area contributed by atoms with E-state index in [-0.39, 0.29) is 5.56 Å². The van der Waals surface area contributed by atoms with Crippen LogP contribution in [-0.4, -0.2) is 47.8 Å². The average Bonchev–Trinajstić information content (AvgIpc) is 3.03. The summed E-state index contributed by atoms with van der Waals surface area (Å²) in [6.07, 6.45) is 1.55. The van der Waals surface area contributed by atoms with Crippen LogP contribution in [0.3, 0.4) is 0 Å². The molecular weight excluding hydrogens is 296 g/mol. The number of nitrogens with one attached hydrogen (secondary N) is 1. The van der Waals surface area contributed by atoms with Crippen LogP contribution < -0.4 is 19.9 Å². The van der Waals surface area contributed by atoms with Gasteiger partial charge in [-0.3, -0.25) is 14.7 Å². The first-order chi connectivity index (χ1) is 11.3. The smallest absolute Gasteiger partial charge is 0.252 e. The molecule has 0 radical (unpaired) electrons. The third-order valence-electron chi connectivity index (χ3n) is 4.17. The van der Waals surface area contributed by atoms with Crippen LogP contribution in [0.5, 0.6) is 11.5 Å². The summed E-state index contributed by atoms with van der Waals surface area (Å²) in [5.74, 6) is 2.30. The van der Waals surface area contributed by atoms with Crippen LogP contribution in [0.2, 0.25) is 0 Å². The molecule has 0 bridgehead atoms. The summed E-state index contributed by atoms with van der Waals surface area (Å²) < 4.78 is 10.8. The SMILES string of the molecule is O=c1ccnc(N2CCN(Cc3ccc4c(c3)OCO4)CC2)[nH]1. The molecule has 0 atom stereocenters. The lowest BCUT2D eigenvalue weighted by atomic mass is 10.1. The fourth-order valence-electron chi connectivity index (χ4n) is 2.94. The van der Waals surface area contributed by atoms with Gasteiger partial charge in [0.2, 0.25) is 12.7 Å². The highest BCUT2D eigenvalue weighted by Gasteiger charge is 2.20. The van der Waals surface area contributed by atoms with Crippen LogP contribution in [0, 0.1) is 0 Å². The van der Waals surface area contributed by atoms with Crippen molar-refractivity contribution < 1.29 is 9.47 Å². The molecule has 1 aromatic carbocycles. The second-order valence-corrected chi connectivity index (χ2v) is 5.71. The van der Waals surface area contributed by atoms with Gasteiger partial charge in [0, 0.05) is 45.0 Å². The molecule has 4 rings (SSSR count). The Balaban J connectivity index is 1.37. The predicted molar refractivity (Wildman–Crippen MR) is 84.9 cm³/mol. The normalized spacial score (nSPS) is 17.5. The second-order valence-electron chi connectivity index (χ2n) is 5.71. The fourth-order valence-corrected chi connectivity index (χ4v) is 2.94. The molecule has 120 valence electrons. The Morgan fingerprint density at radius 1 is 1.09 bits per heavy atom. The number of nitrogens with zero attached hydrogens (tertiary/aromatic N) is 3. The monoisotopic (exact) mass is 314 g/mol. The van der Waals surface area contributed by atoms with Crippen molar-refractivity contribution in [2.75, 3.05) is 37.9 Å². The molecule has 0 amide bonds. The minimum absolute atomic E-state index is 0.113. The largest absolute Gasteiger partial charge is 0.454 e. The van der Waals surface area contributed by atoms with E-state index in [1.165, 1.54) is 11.6 Å². The summed E-state index contributed by atoms with van der Waals surface area (Å²) in [5, 5.41) is 0. The molecule has 0 unspecified atom stereocenters. The van der Waals surface area contributed by atoms with Gasteiger partial charge >= 0.3 is 0 Å². The van der Waals surface area contributed by atoms with E-state index in [4.69, 9.17) is 9.47 Å². The summed E-state index contributed by atoms with van der Waals surface area (Å²) in [7, 11) is 0. The van der Waals surface area contributed by atoms with E-state index in [0.717, 1.165) is 44.2 Å². The van der Waals surface area contributed by atoms with Crippen molar-refractivity contribution in [2.45, 2.75) is 6.54 Å². The van der Waals surface area contributed by atoms with Gasteiger partial charge in [-0.25, -0.2) is 4.98 Å². The number of fused-ring (bicyclic) bond motifs is 1. The van der Waals surface area contributed by atoms with E-state index in [0.29, 0.717) is 12.7 Å². The molecule has 0 spiro atoms. The molecule has 0 saturated carbocycles. The Morgan fingerprint density at radius 3 is 2.74 bits per heavy atom. The fraction of sp³-hybridized carbons (Fsp3) is 0.375. The molecule has 2 aliphatic rings. The molecule has 1 aromatic heterocycles. The van der Waals surface area contributed by atoms with E-state index in [2.05, 4.69) is 25.8 Å². The Labute approximate surface area is 133 Å². The zero-order valence-corrected chi connectivity index (χ0v) is 12.7. The number of H-pyrrole nitrogens is 1. The van der Waals surface area contributed by atoms with Crippen molar-refractivity contribution >= 4 is 5.95 Å². The zero-order chi connectivity index (χ0) is 15.6. The van der Waals surface area contributed by atoms with Gasteiger partial charge in [0.05, 0.1) is 0 Å². The average molecular weight is 314 g/mol. The third kappa shape index (κ3) is 3.00. The van der Waals surface area contributed by atoms with Crippen LogP contribution in [0.25, 0.3) is 0 Å². The number of ether oxygens (including phenoxy) is 2. The Hall–Kier alpha value is -2.54. The van der Waals surface area contributed by atoms with Gasteiger partial charge in [0.1, 0.15) is 0 Å². The van der Waals surface area contributed by atoms with Crippen LogP contribution in [0.4, 0.5) is 5.95 Å². The Kier molecular flexibility index (Phi) is 3.63. The number of anilines is 1. The van der Waals surface area contributed by atoms with E-state index < -0.39 is 0 Å². The molecule has 0 aliphatic carbocycles. The van der Waals surface area contributed by atoms with Crippen LogP contribution in [0.15, 0.2) is 35.3 Å². The van der Waals surface area contributed by atoms with Crippen LogP contribution in [-0.2, 0) is 6.54 Å². The first-order valence-corrected chi connectivity index (χ1v) is 7.69. The molecule has 7 heteroatoms. The molecule has 2 aromatic rings. The standard InChI is InChI=1S/C16H18N4O3/c21-15-3-4-17-16(18-15)20-7-5-19(6-8-20)10-12-1-2-13-14(9-12)23-11-22-13/h1-4,9H,5-8,10-11H2,(H,17,18,21). The van der Waals surface area contributed by atoms with Crippen molar-refractivity contribution in [1.29, 1.82) is 0 Å². The molecule has 1 saturated heterocycles. The van der Waals surface area contributed by atoms with Gasteiger partial charge in [-0.1, -0.05) is 6.07 Å². The molecule has 3 heterocycles. The van der Waals surface area contributed by atoms with E-state index in [1.807, 2.05) is 12.1 Å². The minimum Gasteiger partial charge on any atom is -0.454 e. The lowest BCUT2D eigenvalue weighted by Gasteiger charge is -2.34. The van der Waals surface area contributed by atoms with Crippen molar-refractivity contribution in [3.8, 4) is 11.5 Å². The quantitative estimate of drug-likeness (QED) is 0.904. The minimum atomic E-state index is -0.113. The number of piperazine rings is 1. The molecule has 7 nitrogen and oxygen atoms in total. The lowest BCUT2D eigenvalue weighted by Crippen LogP contribution is -2.46. The van der Waals surface area contributed by atoms with E-state index >= 15 is 0 Å². The van der Waals surface area contributed by atoms with Gasteiger partial charge in [0.25, 0.3) is 5.56 Å². The maximum atomic E-state index is 11.4. The first kappa shape index (κ1) is 14.1. The number of rotatable bonds is 3. The highest BCUT2D eigenvalue weighted by molar-refractivity contribution is 5.44. The Morgan fingerprint density at radius 2 is 1.91 bits per heavy atom. The lowest BCUT2D eigenvalue weighted by molar-refractivity contribution is 0.174. The number of benzene rings is 1. The van der Waals surface area contributed by atoms with Gasteiger partial charge in [-0.2, -0.15) is 0 Å². The van der Waals surface area contributed by atoms with Gasteiger partial charge < -0.3 is 14.4 Å². The summed E-state index contributed by atoms with van der Waals surface area (Å²) in [4.78, 5) is 22.9. The van der Waals surface area contributed by atoms with Crippen LogP contribution in [0.1, 0.15) is 5.56 Å². The van der Waals surface area contributed by atoms with Gasteiger partial charge in [0.15, 0.2) is 11.5 Å². The van der Waals surface area contributed by atoms with Crippen molar-refractivity contribution in [3.63, 3.8) is 0 Å². The summed E-state index contributed by atoms with van der Waals surface area (Å²) in [6.45, 7) is 4.72. The van der Waals surface area contributed by atoms with Gasteiger partial charge in [-0.05, 0) is 17.7 Å². The maximum Gasteiger partial charge on any atom is 0.252 e. The molecule has 2 aliphatic heterocycles. The topological polar surface area (TPSA) is 70.7 Å². The summed E-state index contributed by atoms with van der Waals surface area (Å²) in [5.41, 5.74) is 1.10. The number of hydrogen-bond acceptors (Lipinski definition) is 6. The number of aromatic nitrogens is 2. The van der Waals surface area contributed by atoms with Crippen LogP contribution >= 0.6 is 0 Å². The molecular formula is C16H18N4O3. The number of hydrogen-bond donors (Lipinski definition) is 1. The van der Waals surface area contributed by atoms with Gasteiger partial charge in [-0.15, -0.1) is 0 Å². The molecule has 1 fully saturated rings. The third-order valence-corrected chi connectivity index (χ3v) is 4.17. The van der Waals surface area contributed by atoms with Crippen molar-refractivity contribution in [2.24, 2.45) is 0 Å². The number of aromatic amines is 1. The van der Waals surface area contributed by atoms with E-state index in [9.17, 15) is 4.79 Å². The predicted octanol–water partition coefficient (Wildman–Crippen LogP) is 0.821. The molecule has 1 N–H and O–H groups in total. The summed E-state index contributed by atoms with van der Waals surface area (Å²) in [6, 6.07) is 7.52. The highest BCUT2D eigenvalue weighted by atomic mass is 16.7. The van der Waals surface area contributed by atoms with Crippen molar-refractivity contribution in [3.05, 3.63) is 46.4 Å². The Bertz CT molecular complexity index is 753. The highest BCUT2D eigenvalue weighted by Crippen LogP contribution is 2.32. The van der Waals surface area contributed by atoms with Crippen molar-refractivity contribution in [1.82, 2.24) is 14.9 Å². The van der Waals surface area contributed by atoms with E-state index in [1.54, 1.807) is 6.20 Å². The zero-order valence-electron chi connectivity index (χ0n) is 12.7. The second kappa shape index (κ2) is 5.92.